The van der Waals surface area contributed by atoms with E-state index >= 15 is 0 Å². The first kappa shape index (κ1) is 12.8. The van der Waals surface area contributed by atoms with Gasteiger partial charge in [0.2, 0.25) is 5.13 Å². The van der Waals surface area contributed by atoms with Crippen molar-refractivity contribution in [2.45, 2.75) is 25.5 Å². The van der Waals surface area contributed by atoms with E-state index in [1.807, 2.05) is 13.8 Å². The van der Waals surface area contributed by atoms with Crippen LogP contribution in [0, 0.1) is 12.3 Å². The summed E-state index contributed by atoms with van der Waals surface area (Å²) in [6.07, 6.45) is 4.54. The molecule has 2 heterocycles. The molecule has 18 heavy (non-hydrogen) atoms. The molecule has 1 saturated heterocycles. The number of aliphatic hydroxyl groups excluding tert-OH is 1. The van der Waals surface area contributed by atoms with Crippen LogP contribution in [-0.4, -0.2) is 46.1 Å². The molecule has 7 heteroatoms. The van der Waals surface area contributed by atoms with Gasteiger partial charge in [0.25, 0.3) is 0 Å². The molecule has 1 N–H and O–H groups in total. The number of carbonyl (C=O) groups is 1. The summed E-state index contributed by atoms with van der Waals surface area (Å²) in [6.45, 7) is 3.96. The van der Waals surface area contributed by atoms with Crippen LogP contribution in [0.4, 0.5) is 9.93 Å². The van der Waals surface area contributed by atoms with Gasteiger partial charge in [0.05, 0.1) is 12.0 Å². The first-order chi connectivity index (χ1) is 8.36. The predicted molar refractivity (Wildman–Crippen MR) is 68.3 cm³/mol. The molecule has 0 radical (unpaired) electrons. The largest absolute Gasteiger partial charge is 0.371 e. The highest BCUT2D eigenvalue weighted by atomic mass is 32.1. The second-order valence-corrected chi connectivity index (χ2v) is 5.63. The van der Waals surface area contributed by atoms with Gasteiger partial charge in [-0.25, -0.2) is 9.69 Å². The molecule has 2 amide bonds. The van der Waals surface area contributed by atoms with E-state index in [4.69, 9.17) is 6.42 Å². The smallest absolute Gasteiger partial charge is 0.328 e. The maximum absolute atomic E-state index is 11.8. The Bertz CT molecular complexity index is 519. The van der Waals surface area contributed by atoms with Gasteiger partial charge in [-0.15, -0.1) is 16.6 Å². The minimum atomic E-state index is -0.891. The highest BCUT2D eigenvalue weighted by Gasteiger charge is 2.38. The van der Waals surface area contributed by atoms with E-state index in [2.05, 4.69) is 16.1 Å². The van der Waals surface area contributed by atoms with Crippen molar-refractivity contribution in [1.29, 1.82) is 0 Å². The lowest BCUT2D eigenvalue weighted by atomic mass is 9.96. The number of hydrogen-bond acceptors (Lipinski definition) is 5. The minimum absolute atomic E-state index is 0.256. The Labute approximate surface area is 109 Å². The molecule has 1 atom stereocenters. The van der Waals surface area contributed by atoms with E-state index in [9.17, 15) is 9.90 Å². The fourth-order valence-electron chi connectivity index (χ4n) is 1.55. The van der Waals surface area contributed by atoms with Gasteiger partial charge in [0.1, 0.15) is 5.01 Å². The lowest BCUT2D eigenvalue weighted by molar-refractivity contribution is 0.183. The summed E-state index contributed by atoms with van der Waals surface area (Å²) in [4.78, 5) is 14.5. The fraction of sp³-hybridized carbons (Fsp3) is 0.545. The summed E-state index contributed by atoms with van der Waals surface area (Å²) in [7, 11) is 1.62. The van der Waals surface area contributed by atoms with Crippen LogP contribution in [0.1, 0.15) is 18.9 Å². The molecular formula is C11H14N4O2S. The Balaban J connectivity index is 2.32. The van der Waals surface area contributed by atoms with Crippen molar-refractivity contribution in [3.8, 4) is 12.3 Å². The number of anilines is 1. The first-order valence-corrected chi connectivity index (χ1v) is 6.22. The number of nitrogens with zero attached hydrogens (tertiary/aromatic N) is 4. The summed E-state index contributed by atoms with van der Waals surface area (Å²) in [5.41, 5.74) is -0.532. The number of β-amino-alcohol motifs (C(OH)–C–C–N with tert-alkyl or cyclic N) is 1. The first-order valence-electron chi connectivity index (χ1n) is 5.41. The van der Waals surface area contributed by atoms with Gasteiger partial charge in [0.15, 0.2) is 6.23 Å². The van der Waals surface area contributed by atoms with Crippen LogP contribution < -0.4 is 4.90 Å². The second kappa shape index (κ2) is 4.23. The molecule has 0 aliphatic carbocycles. The van der Waals surface area contributed by atoms with Crippen LogP contribution in [0.15, 0.2) is 0 Å². The van der Waals surface area contributed by atoms with Crippen LogP contribution in [0.5, 0.6) is 0 Å². The number of amides is 2. The fourth-order valence-corrected chi connectivity index (χ4v) is 2.50. The molecule has 2 rings (SSSR count). The Morgan fingerprint density at radius 3 is 2.72 bits per heavy atom. The molecular weight excluding hydrogens is 252 g/mol. The lowest BCUT2D eigenvalue weighted by Gasteiger charge is -2.15. The number of terminal acetylenes is 1. The van der Waals surface area contributed by atoms with E-state index < -0.39 is 11.6 Å². The zero-order chi connectivity index (χ0) is 13.5. The van der Waals surface area contributed by atoms with Crippen molar-refractivity contribution in [3.63, 3.8) is 0 Å². The Morgan fingerprint density at radius 1 is 1.56 bits per heavy atom. The Kier molecular flexibility index (Phi) is 3.00. The van der Waals surface area contributed by atoms with Gasteiger partial charge in [0, 0.05) is 7.05 Å². The SMILES string of the molecule is C#CC(C)(C)c1nnc(N2C(=O)N(C)CC2O)s1. The highest BCUT2D eigenvalue weighted by molar-refractivity contribution is 7.15. The van der Waals surface area contributed by atoms with Gasteiger partial charge in [-0.05, 0) is 13.8 Å². The topological polar surface area (TPSA) is 69.6 Å². The average molecular weight is 266 g/mol. The van der Waals surface area contributed by atoms with Crippen LogP contribution in [0.25, 0.3) is 0 Å². The van der Waals surface area contributed by atoms with Crippen LogP contribution in [-0.2, 0) is 5.41 Å². The number of rotatable bonds is 2. The van der Waals surface area contributed by atoms with E-state index in [1.165, 1.54) is 21.1 Å². The quantitative estimate of drug-likeness (QED) is 0.798. The van der Waals surface area contributed by atoms with Crippen molar-refractivity contribution in [2.24, 2.45) is 0 Å². The molecule has 1 aliphatic rings. The van der Waals surface area contributed by atoms with Gasteiger partial charge >= 0.3 is 6.03 Å². The molecule has 0 saturated carbocycles. The predicted octanol–water partition coefficient (Wildman–Crippen LogP) is 0.639. The standard InChI is InChI=1S/C11H14N4O2S/c1-5-11(2,3)8-12-13-9(18-8)15-7(16)6-14(4)10(15)17/h1,7,16H,6H2,2-4H3. The molecule has 0 bridgehead atoms. The molecule has 1 unspecified atom stereocenters. The van der Waals surface area contributed by atoms with Crippen LogP contribution in [0.3, 0.4) is 0 Å². The minimum Gasteiger partial charge on any atom is -0.371 e. The summed E-state index contributed by atoms with van der Waals surface area (Å²) >= 11 is 1.22. The summed E-state index contributed by atoms with van der Waals surface area (Å²) in [6, 6.07) is -0.288. The Morgan fingerprint density at radius 2 is 2.22 bits per heavy atom. The van der Waals surface area contributed by atoms with Crippen molar-refractivity contribution >= 4 is 22.5 Å². The van der Waals surface area contributed by atoms with Gasteiger partial charge in [-0.2, -0.15) is 0 Å². The maximum Gasteiger partial charge on any atom is 0.328 e. The zero-order valence-corrected chi connectivity index (χ0v) is 11.2. The van der Waals surface area contributed by atoms with Crippen molar-refractivity contribution in [3.05, 3.63) is 5.01 Å². The molecule has 1 aromatic heterocycles. The third-order valence-corrected chi connectivity index (χ3v) is 4.03. The molecule has 6 nitrogen and oxygen atoms in total. The summed E-state index contributed by atoms with van der Waals surface area (Å²) < 4.78 is 0. The molecule has 1 aromatic rings. The molecule has 0 aromatic carbocycles. The normalized spacial score (nSPS) is 20.4. The maximum atomic E-state index is 11.8. The van der Waals surface area contributed by atoms with E-state index in [-0.39, 0.29) is 12.6 Å². The number of aliphatic hydroxyl groups is 1. The Hall–Kier alpha value is -1.65. The van der Waals surface area contributed by atoms with Crippen molar-refractivity contribution < 1.29 is 9.90 Å². The van der Waals surface area contributed by atoms with Gasteiger partial charge in [-0.3, -0.25) is 0 Å². The van der Waals surface area contributed by atoms with E-state index in [1.54, 1.807) is 7.05 Å². The molecule has 1 aliphatic heterocycles. The van der Waals surface area contributed by atoms with Crippen LogP contribution in [0.2, 0.25) is 0 Å². The van der Waals surface area contributed by atoms with Crippen molar-refractivity contribution in [1.82, 2.24) is 15.1 Å². The number of hydrogen-bond donors (Lipinski definition) is 1. The second-order valence-electron chi connectivity index (χ2n) is 4.67. The lowest BCUT2D eigenvalue weighted by Crippen LogP contribution is -2.34. The highest BCUT2D eigenvalue weighted by Crippen LogP contribution is 2.32. The number of carbonyl (C=O) groups excluding carboxylic acids is 1. The number of likely N-dealkylation sites (N-methyl/N-ethyl adjacent to an activating group) is 1. The monoisotopic (exact) mass is 266 g/mol. The number of aromatic nitrogens is 2. The van der Waals surface area contributed by atoms with Crippen molar-refractivity contribution in [2.75, 3.05) is 18.5 Å². The summed E-state index contributed by atoms with van der Waals surface area (Å²) in [5.74, 6) is 2.62. The molecule has 96 valence electrons. The summed E-state index contributed by atoms with van der Waals surface area (Å²) in [5, 5.41) is 18.8. The molecule has 0 spiro atoms. The number of urea groups is 1. The van der Waals surface area contributed by atoms with E-state index in [0.29, 0.717) is 10.1 Å². The third kappa shape index (κ3) is 1.94. The van der Waals surface area contributed by atoms with Gasteiger partial charge < -0.3 is 10.0 Å². The molecule has 1 fully saturated rings. The zero-order valence-electron chi connectivity index (χ0n) is 10.4. The third-order valence-electron chi connectivity index (χ3n) is 2.78. The van der Waals surface area contributed by atoms with E-state index in [0.717, 1.165) is 0 Å². The van der Waals surface area contributed by atoms with Gasteiger partial charge in [-0.1, -0.05) is 17.3 Å². The average Bonchev–Trinajstić information content (AvgIpc) is 2.86. The van der Waals surface area contributed by atoms with Crippen LogP contribution >= 0.6 is 11.3 Å².